The molecule has 0 saturated carbocycles. The third-order valence-corrected chi connectivity index (χ3v) is 3.95. The summed E-state index contributed by atoms with van der Waals surface area (Å²) in [5, 5.41) is 12.3. The zero-order valence-electron chi connectivity index (χ0n) is 13.7. The molecule has 3 aromatic rings. The lowest BCUT2D eigenvalue weighted by atomic mass is 10.1. The summed E-state index contributed by atoms with van der Waals surface area (Å²) < 4.78 is 2.43. The quantitative estimate of drug-likeness (QED) is 0.626. The number of aliphatic carboxylic acids is 1. The van der Waals surface area contributed by atoms with E-state index in [4.69, 9.17) is 0 Å². The van der Waals surface area contributed by atoms with Gasteiger partial charge in [0, 0.05) is 7.05 Å². The number of imidazole rings is 1. The lowest BCUT2D eigenvalue weighted by molar-refractivity contribution is -0.137. The van der Waals surface area contributed by atoms with Gasteiger partial charge in [-0.1, -0.05) is 30.3 Å². The van der Waals surface area contributed by atoms with Crippen LogP contribution in [0.4, 0.5) is 5.95 Å². The number of aryl methyl sites for hydroxylation is 1. The number of H-pyrrole nitrogens is 1. The molecule has 0 bridgehead atoms. The Morgan fingerprint density at radius 1 is 1.32 bits per heavy atom. The van der Waals surface area contributed by atoms with Crippen molar-refractivity contribution in [2.24, 2.45) is 7.05 Å². The van der Waals surface area contributed by atoms with Gasteiger partial charge < -0.3 is 10.4 Å². The number of hydrogen-bond acceptors (Lipinski definition) is 5. The second-order valence-electron chi connectivity index (χ2n) is 5.68. The second-order valence-corrected chi connectivity index (χ2v) is 5.68. The minimum atomic E-state index is -1.12. The van der Waals surface area contributed by atoms with Crippen LogP contribution < -0.4 is 16.6 Å². The number of carboxylic acid groups (broad SMARTS) is 1. The number of aromatic amines is 1. The fourth-order valence-electron chi connectivity index (χ4n) is 2.65. The van der Waals surface area contributed by atoms with Crippen LogP contribution in [0.2, 0.25) is 0 Å². The predicted octanol–water partition coefficient (Wildman–Crippen LogP) is 0.681. The third-order valence-electron chi connectivity index (χ3n) is 3.95. The minimum absolute atomic E-state index is 0.0345. The van der Waals surface area contributed by atoms with Crippen molar-refractivity contribution < 1.29 is 9.90 Å². The first-order valence-corrected chi connectivity index (χ1v) is 7.61. The number of rotatable bonds is 5. The molecule has 3 rings (SSSR count). The van der Waals surface area contributed by atoms with Crippen molar-refractivity contribution >= 4 is 23.1 Å². The van der Waals surface area contributed by atoms with Crippen LogP contribution in [0.15, 0.2) is 39.9 Å². The van der Waals surface area contributed by atoms with E-state index in [2.05, 4.69) is 15.3 Å². The van der Waals surface area contributed by atoms with Crippen LogP contribution in [-0.2, 0) is 18.4 Å². The topological polar surface area (TPSA) is 122 Å². The summed E-state index contributed by atoms with van der Waals surface area (Å²) >= 11 is 0. The van der Waals surface area contributed by atoms with Crippen LogP contribution in [-0.4, -0.2) is 30.2 Å². The SMILES string of the molecule is CC(Nc1nc2c(c(=O)[nH]c(=O)n2C)n1CC(=O)O)c1ccccc1. The predicted molar refractivity (Wildman–Crippen MR) is 91.7 cm³/mol. The van der Waals surface area contributed by atoms with E-state index in [0.717, 1.165) is 5.56 Å². The van der Waals surface area contributed by atoms with Gasteiger partial charge in [-0.25, -0.2) is 4.79 Å². The summed E-state index contributed by atoms with van der Waals surface area (Å²) in [5.41, 5.74) is -0.156. The molecule has 0 aliphatic heterocycles. The lowest BCUT2D eigenvalue weighted by Gasteiger charge is -2.15. The fourth-order valence-corrected chi connectivity index (χ4v) is 2.65. The van der Waals surface area contributed by atoms with Crippen LogP contribution >= 0.6 is 0 Å². The molecule has 1 unspecified atom stereocenters. The van der Waals surface area contributed by atoms with Gasteiger partial charge in [-0.05, 0) is 12.5 Å². The van der Waals surface area contributed by atoms with E-state index in [9.17, 15) is 19.5 Å². The highest BCUT2D eigenvalue weighted by Gasteiger charge is 2.20. The largest absolute Gasteiger partial charge is 0.480 e. The standard InChI is InChI=1S/C16H17N5O4/c1-9(10-6-4-3-5-7-10)17-15-18-13-12(21(15)8-11(22)23)14(24)19-16(25)20(13)2/h3-7,9H,8H2,1-2H3,(H,17,18)(H,22,23)(H,19,24,25). The molecule has 3 N–H and O–H groups in total. The fraction of sp³-hybridized carbons (Fsp3) is 0.250. The van der Waals surface area contributed by atoms with Gasteiger partial charge in [0.15, 0.2) is 11.2 Å². The van der Waals surface area contributed by atoms with Crippen LogP contribution in [0.3, 0.4) is 0 Å². The zero-order valence-corrected chi connectivity index (χ0v) is 13.7. The average Bonchev–Trinajstić information content (AvgIpc) is 2.92. The molecule has 0 aliphatic carbocycles. The molecule has 0 saturated heterocycles. The van der Waals surface area contributed by atoms with Gasteiger partial charge in [0.1, 0.15) is 6.54 Å². The summed E-state index contributed by atoms with van der Waals surface area (Å²) in [6.07, 6.45) is 0. The number of anilines is 1. The number of aromatic nitrogens is 4. The molecule has 9 nitrogen and oxygen atoms in total. The van der Waals surface area contributed by atoms with Crippen LogP contribution in [0.1, 0.15) is 18.5 Å². The Bertz CT molecular complexity index is 1050. The van der Waals surface area contributed by atoms with Gasteiger partial charge in [-0.3, -0.25) is 23.7 Å². The maximum atomic E-state index is 12.2. The molecule has 1 atom stereocenters. The van der Waals surface area contributed by atoms with Gasteiger partial charge in [-0.15, -0.1) is 0 Å². The monoisotopic (exact) mass is 343 g/mol. The molecule has 25 heavy (non-hydrogen) atoms. The molecule has 1 aromatic carbocycles. The van der Waals surface area contributed by atoms with Crippen molar-refractivity contribution in [3.05, 3.63) is 56.7 Å². The van der Waals surface area contributed by atoms with Crippen molar-refractivity contribution in [1.82, 2.24) is 19.1 Å². The van der Waals surface area contributed by atoms with Crippen LogP contribution in [0.5, 0.6) is 0 Å². The summed E-state index contributed by atoms with van der Waals surface area (Å²) in [7, 11) is 1.46. The van der Waals surface area contributed by atoms with Crippen LogP contribution in [0, 0.1) is 0 Å². The van der Waals surface area contributed by atoms with E-state index in [-0.39, 0.29) is 23.2 Å². The lowest BCUT2D eigenvalue weighted by Crippen LogP contribution is -2.29. The maximum absolute atomic E-state index is 12.2. The van der Waals surface area contributed by atoms with E-state index in [1.807, 2.05) is 37.3 Å². The van der Waals surface area contributed by atoms with Crippen LogP contribution in [0.25, 0.3) is 11.2 Å². The highest BCUT2D eigenvalue weighted by Crippen LogP contribution is 2.21. The molecule has 0 radical (unpaired) electrons. The Balaban J connectivity index is 2.15. The number of carboxylic acids is 1. The zero-order chi connectivity index (χ0) is 18.1. The molecular weight excluding hydrogens is 326 g/mol. The Kier molecular flexibility index (Phi) is 4.14. The minimum Gasteiger partial charge on any atom is -0.480 e. The summed E-state index contributed by atoms with van der Waals surface area (Å²) in [4.78, 5) is 41.6. The molecule has 2 heterocycles. The molecule has 9 heteroatoms. The Morgan fingerprint density at radius 2 is 2.00 bits per heavy atom. The summed E-state index contributed by atoms with van der Waals surface area (Å²) in [6.45, 7) is 1.44. The first-order valence-electron chi connectivity index (χ1n) is 7.61. The number of carbonyl (C=O) groups is 1. The second kappa shape index (κ2) is 6.27. The average molecular weight is 343 g/mol. The van der Waals surface area contributed by atoms with Crippen molar-refractivity contribution in [2.45, 2.75) is 19.5 Å². The Hall–Kier alpha value is -3.36. The van der Waals surface area contributed by atoms with Crippen molar-refractivity contribution in [1.29, 1.82) is 0 Å². The normalized spacial score (nSPS) is 12.2. The van der Waals surface area contributed by atoms with E-state index in [1.165, 1.54) is 16.2 Å². The van der Waals surface area contributed by atoms with Crippen molar-refractivity contribution in [2.75, 3.05) is 5.32 Å². The number of benzene rings is 1. The first-order chi connectivity index (χ1) is 11.9. The summed E-state index contributed by atoms with van der Waals surface area (Å²) in [5.74, 6) is -0.913. The van der Waals surface area contributed by atoms with E-state index in [1.54, 1.807) is 0 Å². The number of hydrogen-bond donors (Lipinski definition) is 3. The Labute approximate surface area is 141 Å². The molecule has 2 aromatic heterocycles. The smallest absolute Gasteiger partial charge is 0.329 e. The Morgan fingerprint density at radius 3 is 2.64 bits per heavy atom. The summed E-state index contributed by atoms with van der Waals surface area (Å²) in [6, 6.07) is 9.34. The highest BCUT2D eigenvalue weighted by atomic mass is 16.4. The van der Waals surface area contributed by atoms with E-state index < -0.39 is 23.8 Å². The number of fused-ring (bicyclic) bond motifs is 1. The van der Waals surface area contributed by atoms with Crippen molar-refractivity contribution in [3.63, 3.8) is 0 Å². The van der Waals surface area contributed by atoms with E-state index >= 15 is 0 Å². The van der Waals surface area contributed by atoms with E-state index in [0.29, 0.717) is 0 Å². The molecule has 130 valence electrons. The van der Waals surface area contributed by atoms with Gasteiger partial charge in [0.25, 0.3) is 5.56 Å². The molecule has 0 fully saturated rings. The van der Waals surface area contributed by atoms with Gasteiger partial charge >= 0.3 is 11.7 Å². The number of nitrogens with zero attached hydrogens (tertiary/aromatic N) is 3. The number of nitrogens with one attached hydrogen (secondary N) is 2. The maximum Gasteiger partial charge on any atom is 0.329 e. The van der Waals surface area contributed by atoms with Gasteiger partial charge in [0.05, 0.1) is 6.04 Å². The van der Waals surface area contributed by atoms with Gasteiger partial charge in [0.2, 0.25) is 5.95 Å². The first kappa shape index (κ1) is 16.5. The molecule has 0 aliphatic rings. The van der Waals surface area contributed by atoms with Crippen molar-refractivity contribution in [3.8, 4) is 0 Å². The van der Waals surface area contributed by atoms with Gasteiger partial charge in [-0.2, -0.15) is 4.98 Å². The molecule has 0 amide bonds. The highest BCUT2D eigenvalue weighted by molar-refractivity contribution is 5.77. The molecular formula is C16H17N5O4. The molecule has 0 spiro atoms. The third kappa shape index (κ3) is 3.03.